The largest absolute Gasteiger partial charge is 0.249 e. The van der Waals surface area contributed by atoms with Gasteiger partial charge >= 0.3 is 0 Å². The molecule has 0 fully saturated rings. The van der Waals surface area contributed by atoms with Crippen LogP contribution in [0.5, 0.6) is 0 Å². The maximum Gasteiger partial charge on any atom is 0.0817 e. The van der Waals surface area contributed by atoms with E-state index in [-0.39, 0.29) is 0 Å². The van der Waals surface area contributed by atoms with E-state index < -0.39 is 10.8 Å². The van der Waals surface area contributed by atoms with Crippen LogP contribution in [-0.4, -0.2) is 4.21 Å². The van der Waals surface area contributed by atoms with Gasteiger partial charge in [-0.25, -0.2) is 4.21 Å². The van der Waals surface area contributed by atoms with Crippen LogP contribution in [0.15, 0.2) is 34.1 Å². The quantitative estimate of drug-likeness (QED) is 0.668. The van der Waals surface area contributed by atoms with Gasteiger partial charge in [-0.1, -0.05) is 32.0 Å². The summed E-state index contributed by atoms with van der Waals surface area (Å²) in [5.74, 6) is 0.369. The fourth-order valence-electron chi connectivity index (χ4n) is 1.48. The molecule has 0 amide bonds. The lowest BCUT2D eigenvalue weighted by Gasteiger charge is -2.03. The topological polar surface area (TPSA) is 17.1 Å². The van der Waals surface area contributed by atoms with Crippen molar-refractivity contribution in [3.8, 4) is 0 Å². The van der Waals surface area contributed by atoms with Crippen molar-refractivity contribution in [2.24, 2.45) is 5.92 Å². The highest BCUT2D eigenvalue weighted by molar-refractivity contribution is 7.89. The Balaban J connectivity index is 2.51. The second kappa shape index (κ2) is 3.11. The zero-order valence-corrected chi connectivity index (χ0v) is 8.60. The van der Waals surface area contributed by atoms with Gasteiger partial charge in [-0.05, 0) is 23.6 Å². The first kappa shape index (κ1) is 8.70. The minimum atomic E-state index is -0.905. The second-order valence-electron chi connectivity index (χ2n) is 3.51. The summed E-state index contributed by atoms with van der Waals surface area (Å²) >= 11 is 0. The van der Waals surface area contributed by atoms with Crippen LogP contribution < -0.4 is 0 Å². The van der Waals surface area contributed by atoms with Crippen LogP contribution in [0.4, 0.5) is 0 Å². The zero-order chi connectivity index (χ0) is 9.42. The van der Waals surface area contributed by atoms with Crippen molar-refractivity contribution in [2.75, 3.05) is 0 Å². The molecule has 0 N–H and O–H groups in total. The van der Waals surface area contributed by atoms with E-state index in [0.717, 1.165) is 15.4 Å². The maximum absolute atomic E-state index is 11.9. The molecule has 68 valence electrons. The third-order valence-electron chi connectivity index (χ3n) is 2.20. The van der Waals surface area contributed by atoms with E-state index in [1.54, 1.807) is 0 Å². The molecule has 1 nitrogen and oxygen atoms in total. The third-order valence-corrected chi connectivity index (χ3v) is 3.99. The highest BCUT2D eigenvalue weighted by atomic mass is 32.2. The predicted molar refractivity (Wildman–Crippen MR) is 55.7 cm³/mol. The van der Waals surface area contributed by atoms with E-state index >= 15 is 0 Å². The molecule has 1 aromatic carbocycles. The van der Waals surface area contributed by atoms with Crippen LogP contribution in [0, 0.1) is 5.92 Å². The lowest BCUT2D eigenvalue weighted by molar-refractivity contribution is 0.681. The van der Waals surface area contributed by atoms with E-state index in [4.69, 9.17) is 0 Å². The lowest BCUT2D eigenvalue weighted by atomic mass is 10.1. The van der Waals surface area contributed by atoms with Crippen molar-refractivity contribution in [2.45, 2.75) is 18.7 Å². The summed E-state index contributed by atoms with van der Waals surface area (Å²) in [7, 11) is -0.905. The number of rotatable bonds is 1. The molecule has 1 atom stereocenters. The van der Waals surface area contributed by atoms with Crippen LogP contribution in [0.3, 0.4) is 0 Å². The van der Waals surface area contributed by atoms with Gasteiger partial charge in [0.15, 0.2) is 0 Å². The van der Waals surface area contributed by atoms with Gasteiger partial charge < -0.3 is 0 Å². The van der Waals surface area contributed by atoms with E-state index in [9.17, 15) is 4.21 Å². The summed E-state index contributed by atoms with van der Waals surface area (Å²) in [4.78, 5) is 2.01. The normalized spacial score (nSPS) is 20.2. The minimum Gasteiger partial charge on any atom is -0.249 e. The monoisotopic (exact) mass is 192 g/mol. The summed E-state index contributed by atoms with van der Waals surface area (Å²) in [6.45, 7) is 4.16. The van der Waals surface area contributed by atoms with E-state index in [1.165, 1.54) is 0 Å². The third kappa shape index (κ3) is 1.35. The average Bonchev–Trinajstić information content (AvgIpc) is 2.45. The van der Waals surface area contributed by atoms with Crippen LogP contribution >= 0.6 is 0 Å². The number of benzene rings is 1. The minimum absolute atomic E-state index is 0.369. The Hall–Kier alpha value is -0.890. The molecule has 0 spiro atoms. The maximum atomic E-state index is 11.9. The molecule has 0 saturated carbocycles. The SMILES string of the molecule is CC(C)C1=Cc2ccccc2S1=O. The van der Waals surface area contributed by atoms with E-state index in [0.29, 0.717) is 5.92 Å². The van der Waals surface area contributed by atoms with Gasteiger partial charge in [-0.2, -0.15) is 0 Å². The fourth-order valence-corrected chi connectivity index (χ4v) is 2.94. The Morgan fingerprint density at radius 1 is 1.23 bits per heavy atom. The van der Waals surface area contributed by atoms with Gasteiger partial charge in [-0.3, -0.25) is 0 Å². The van der Waals surface area contributed by atoms with Crippen LogP contribution in [0.1, 0.15) is 19.4 Å². The molecule has 1 aliphatic heterocycles. The lowest BCUT2D eigenvalue weighted by Crippen LogP contribution is -1.97. The molecular formula is C11H12OS. The molecule has 0 saturated heterocycles. The number of hydrogen-bond donors (Lipinski definition) is 0. The Bertz CT molecular complexity index is 391. The molecule has 2 heteroatoms. The first-order valence-electron chi connectivity index (χ1n) is 4.42. The molecule has 2 rings (SSSR count). The molecule has 1 aromatic rings. The molecule has 0 aromatic heterocycles. The van der Waals surface area contributed by atoms with Gasteiger partial charge in [-0.15, -0.1) is 0 Å². The zero-order valence-electron chi connectivity index (χ0n) is 7.78. The molecule has 1 heterocycles. The first-order valence-corrected chi connectivity index (χ1v) is 5.57. The molecular weight excluding hydrogens is 180 g/mol. The number of allylic oxidation sites excluding steroid dienone is 1. The summed E-state index contributed by atoms with van der Waals surface area (Å²) in [6.07, 6.45) is 2.05. The van der Waals surface area contributed by atoms with Crippen molar-refractivity contribution in [3.63, 3.8) is 0 Å². The molecule has 0 aliphatic carbocycles. The van der Waals surface area contributed by atoms with Crippen molar-refractivity contribution < 1.29 is 4.21 Å². The standard InChI is InChI=1S/C11H12OS/c1-8(2)11-7-9-5-3-4-6-10(9)13(11)12/h3-8H,1-2H3. The Morgan fingerprint density at radius 3 is 2.54 bits per heavy atom. The average molecular weight is 192 g/mol. The molecule has 0 bridgehead atoms. The number of fused-ring (bicyclic) bond motifs is 1. The summed E-state index contributed by atoms with van der Waals surface area (Å²) in [5.41, 5.74) is 1.12. The highest BCUT2D eigenvalue weighted by Gasteiger charge is 2.22. The van der Waals surface area contributed by atoms with Gasteiger partial charge in [0, 0.05) is 4.91 Å². The summed E-state index contributed by atoms with van der Waals surface area (Å²) < 4.78 is 11.9. The Kier molecular flexibility index (Phi) is 2.08. The van der Waals surface area contributed by atoms with Gasteiger partial charge in [0.25, 0.3) is 0 Å². The Morgan fingerprint density at radius 2 is 1.92 bits per heavy atom. The van der Waals surface area contributed by atoms with Gasteiger partial charge in [0.2, 0.25) is 0 Å². The van der Waals surface area contributed by atoms with Crippen molar-refractivity contribution in [1.29, 1.82) is 0 Å². The van der Waals surface area contributed by atoms with Crippen LogP contribution in [-0.2, 0) is 10.8 Å². The molecule has 0 radical (unpaired) electrons. The van der Waals surface area contributed by atoms with Crippen LogP contribution in [0.25, 0.3) is 6.08 Å². The second-order valence-corrected chi connectivity index (χ2v) is 4.96. The number of hydrogen-bond acceptors (Lipinski definition) is 1. The molecule has 1 unspecified atom stereocenters. The van der Waals surface area contributed by atoms with Crippen molar-refractivity contribution in [1.82, 2.24) is 0 Å². The van der Waals surface area contributed by atoms with E-state index in [2.05, 4.69) is 19.9 Å². The van der Waals surface area contributed by atoms with Crippen LogP contribution in [0.2, 0.25) is 0 Å². The molecule has 13 heavy (non-hydrogen) atoms. The van der Waals surface area contributed by atoms with E-state index in [1.807, 2.05) is 24.3 Å². The van der Waals surface area contributed by atoms with Gasteiger partial charge in [0.05, 0.1) is 15.7 Å². The predicted octanol–water partition coefficient (Wildman–Crippen LogP) is 2.80. The van der Waals surface area contributed by atoms with Gasteiger partial charge in [0.1, 0.15) is 0 Å². The smallest absolute Gasteiger partial charge is 0.0817 e. The highest BCUT2D eigenvalue weighted by Crippen LogP contribution is 2.32. The first-order chi connectivity index (χ1) is 6.20. The fraction of sp³-hybridized carbons (Fsp3) is 0.273. The summed E-state index contributed by atoms with van der Waals surface area (Å²) in [6, 6.07) is 7.88. The Labute approximate surface area is 80.9 Å². The molecule has 1 aliphatic rings. The summed E-state index contributed by atoms with van der Waals surface area (Å²) in [5, 5.41) is 0. The van der Waals surface area contributed by atoms with Crippen molar-refractivity contribution in [3.05, 3.63) is 34.7 Å². The van der Waals surface area contributed by atoms with Crippen molar-refractivity contribution >= 4 is 16.9 Å².